The first-order chi connectivity index (χ1) is 7.35. The minimum absolute atomic E-state index is 0.543. The third kappa shape index (κ3) is 2.76. The smallest absolute Gasteiger partial charge is 0.0331 e. The zero-order chi connectivity index (χ0) is 10.7. The van der Waals surface area contributed by atoms with Gasteiger partial charge >= 0.3 is 0 Å². The van der Waals surface area contributed by atoms with Crippen LogP contribution in [0.3, 0.4) is 0 Å². The fraction of sp³-hybridized carbons (Fsp3) is 0.538. The average Bonchev–Trinajstić information content (AvgIpc) is 3.10. The molecule has 1 aliphatic carbocycles. The Morgan fingerprint density at radius 1 is 1.40 bits per heavy atom. The Bertz CT molecular complexity index is 320. The highest BCUT2D eigenvalue weighted by Crippen LogP contribution is 2.39. The van der Waals surface area contributed by atoms with E-state index in [1.165, 1.54) is 29.7 Å². The second-order valence-corrected chi connectivity index (χ2v) is 5.11. The van der Waals surface area contributed by atoms with Gasteiger partial charge in [0.25, 0.3) is 0 Å². The van der Waals surface area contributed by atoms with E-state index >= 15 is 0 Å². The lowest BCUT2D eigenvalue weighted by atomic mass is 10.0. The fourth-order valence-electron chi connectivity index (χ4n) is 2.04. The highest BCUT2D eigenvalue weighted by Gasteiger charge is 2.26. The maximum atomic E-state index is 3.45. The van der Waals surface area contributed by atoms with Crippen molar-refractivity contribution in [3.05, 3.63) is 29.8 Å². The third-order valence-corrected chi connectivity index (χ3v) is 3.94. The molecule has 0 aromatic heterocycles. The second kappa shape index (κ2) is 5.04. The van der Waals surface area contributed by atoms with E-state index < -0.39 is 0 Å². The van der Waals surface area contributed by atoms with Gasteiger partial charge in [-0.3, -0.25) is 0 Å². The van der Waals surface area contributed by atoms with Crippen molar-refractivity contribution in [3.8, 4) is 0 Å². The SMILES string of the molecule is CNC(CC1CC1)c1ccccc1SC. The highest BCUT2D eigenvalue weighted by atomic mass is 32.2. The Kier molecular flexibility index (Phi) is 3.71. The van der Waals surface area contributed by atoms with Gasteiger partial charge in [-0.25, -0.2) is 0 Å². The minimum Gasteiger partial charge on any atom is -0.313 e. The average molecular weight is 221 g/mol. The quantitative estimate of drug-likeness (QED) is 0.764. The lowest BCUT2D eigenvalue weighted by Gasteiger charge is -2.19. The number of hydrogen-bond acceptors (Lipinski definition) is 2. The van der Waals surface area contributed by atoms with Crippen LogP contribution < -0.4 is 5.32 Å². The summed E-state index contributed by atoms with van der Waals surface area (Å²) >= 11 is 1.85. The summed E-state index contributed by atoms with van der Waals surface area (Å²) in [6.07, 6.45) is 6.32. The number of benzene rings is 1. The summed E-state index contributed by atoms with van der Waals surface area (Å²) in [4.78, 5) is 1.41. The molecule has 1 aliphatic rings. The van der Waals surface area contributed by atoms with E-state index in [0.29, 0.717) is 6.04 Å². The van der Waals surface area contributed by atoms with Gasteiger partial charge in [0.2, 0.25) is 0 Å². The van der Waals surface area contributed by atoms with Crippen LogP contribution in [-0.2, 0) is 0 Å². The van der Waals surface area contributed by atoms with Gasteiger partial charge in [0.1, 0.15) is 0 Å². The zero-order valence-corrected chi connectivity index (χ0v) is 10.3. The van der Waals surface area contributed by atoms with Crippen LogP contribution in [0.1, 0.15) is 30.9 Å². The van der Waals surface area contributed by atoms with E-state index in [1.54, 1.807) is 0 Å². The summed E-state index contributed by atoms with van der Waals surface area (Å²) in [7, 11) is 2.07. The number of nitrogens with one attached hydrogen (secondary N) is 1. The van der Waals surface area contributed by atoms with Crippen molar-refractivity contribution >= 4 is 11.8 Å². The van der Waals surface area contributed by atoms with Crippen molar-refractivity contribution in [1.29, 1.82) is 0 Å². The summed E-state index contributed by atoms with van der Waals surface area (Å²) in [6.45, 7) is 0. The monoisotopic (exact) mass is 221 g/mol. The molecule has 2 heteroatoms. The van der Waals surface area contributed by atoms with Crippen LogP contribution in [0.25, 0.3) is 0 Å². The molecule has 1 nitrogen and oxygen atoms in total. The lowest BCUT2D eigenvalue weighted by molar-refractivity contribution is 0.508. The van der Waals surface area contributed by atoms with E-state index in [4.69, 9.17) is 0 Å². The van der Waals surface area contributed by atoms with E-state index in [1.807, 2.05) is 11.8 Å². The lowest BCUT2D eigenvalue weighted by Crippen LogP contribution is -2.17. The molecule has 1 atom stereocenters. The van der Waals surface area contributed by atoms with Crippen molar-refractivity contribution in [2.75, 3.05) is 13.3 Å². The first-order valence-electron chi connectivity index (χ1n) is 5.65. The third-order valence-electron chi connectivity index (χ3n) is 3.13. The molecule has 1 unspecified atom stereocenters. The van der Waals surface area contributed by atoms with Crippen LogP contribution in [0.4, 0.5) is 0 Å². The number of rotatable bonds is 5. The topological polar surface area (TPSA) is 12.0 Å². The summed E-state index contributed by atoms with van der Waals surface area (Å²) in [5.74, 6) is 0.970. The predicted molar refractivity (Wildman–Crippen MR) is 67.4 cm³/mol. The molecule has 0 amide bonds. The molecule has 0 spiro atoms. The van der Waals surface area contributed by atoms with Gasteiger partial charge in [0.05, 0.1) is 0 Å². The van der Waals surface area contributed by atoms with E-state index in [-0.39, 0.29) is 0 Å². The molecule has 15 heavy (non-hydrogen) atoms. The summed E-state index contributed by atoms with van der Waals surface area (Å²) in [5.41, 5.74) is 1.47. The van der Waals surface area contributed by atoms with E-state index in [9.17, 15) is 0 Å². The minimum atomic E-state index is 0.543. The Hall–Kier alpha value is -0.470. The largest absolute Gasteiger partial charge is 0.313 e. The van der Waals surface area contributed by atoms with Crippen LogP contribution >= 0.6 is 11.8 Å². The molecule has 1 N–H and O–H groups in total. The molecule has 1 fully saturated rings. The molecule has 1 aromatic carbocycles. The van der Waals surface area contributed by atoms with Crippen LogP contribution in [0.15, 0.2) is 29.2 Å². The molecule has 0 saturated heterocycles. The Morgan fingerprint density at radius 3 is 2.73 bits per heavy atom. The first-order valence-corrected chi connectivity index (χ1v) is 6.87. The Morgan fingerprint density at radius 2 is 2.13 bits per heavy atom. The van der Waals surface area contributed by atoms with Crippen molar-refractivity contribution < 1.29 is 0 Å². The Labute approximate surface area is 96.7 Å². The van der Waals surface area contributed by atoms with E-state index in [0.717, 1.165) is 5.92 Å². The summed E-state index contributed by atoms with van der Waals surface area (Å²) in [5, 5.41) is 3.45. The van der Waals surface area contributed by atoms with Crippen molar-refractivity contribution in [2.24, 2.45) is 5.92 Å². The molecular formula is C13H19NS. The molecule has 2 rings (SSSR count). The van der Waals surface area contributed by atoms with Gasteiger partial charge in [-0.1, -0.05) is 31.0 Å². The van der Waals surface area contributed by atoms with Crippen LogP contribution in [0, 0.1) is 5.92 Å². The summed E-state index contributed by atoms with van der Waals surface area (Å²) in [6, 6.07) is 9.29. The van der Waals surface area contributed by atoms with Gasteiger partial charge < -0.3 is 5.32 Å². The van der Waals surface area contributed by atoms with Gasteiger partial charge in [0, 0.05) is 10.9 Å². The van der Waals surface area contributed by atoms with Crippen molar-refractivity contribution in [2.45, 2.75) is 30.2 Å². The molecule has 82 valence electrons. The second-order valence-electron chi connectivity index (χ2n) is 4.26. The normalized spacial score (nSPS) is 17.7. The fourth-order valence-corrected chi connectivity index (χ4v) is 2.70. The molecule has 0 heterocycles. The molecular weight excluding hydrogens is 202 g/mol. The Balaban J connectivity index is 2.15. The van der Waals surface area contributed by atoms with Crippen LogP contribution in [-0.4, -0.2) is 13.3 Å². The molecule has 1 aromatic rings. The maximum absolute atomic E-state index is 3.45. The molecule has 0 bridgehead atoms. The van der Waals surface area contributed by atoms with Gasteiger partial charge in [-0.05, 0) is 37.3 Å². The number of hydrogen-bond donors (Lipinski definition) is 1. The maximum Gasteiger partial charge on any atom is 0.0331 e. The highest BCUT2D eigenvalue weighted by molar-refractivity contribution is 7.98. The van der Waals surface area contributed by atoms with E-state index in [2.05, 4.69) is 42.9 Å². The number of thioether (sulfide) groups is 1. The predicted octanol–water partition coefficient (Wildman–Crippen LogP) is 3.47. The summed E-state index contributed by atoms with van der Waals surface area (Å²) < 4.78 is 0. The molecule has 0 aliphatic heterocycles. The van der Waals surface area contributed by atoms with Crippen molar-refractivity contribution in [3.63, 3.8) is 0 Å². The first kappa shape index (κ1) is 11.0. The van der Waals surface area contributed by atoms with Gasteiger partial charge in [-0.2, -0.15) is 0 Å². The van der Waals surface area contributed by atoms with Gasteiger partial charge in [-0.15, -0.1) is 11.8 Å². The zero-order valence-electron chi connectivity index (χ0n) is 9.49. The van der Waals surface area contributed by atoms with Crippen LogP contribution in [0.2, 0.25) is 0 Å². The molecule has 1 saturated carbocycles. The standard InChI is InChI=1S/C13H19NS/c1-14-12(9-10-7-8-10)11-5-3-4-6-13(11)15-2/h3-6,10,12,14H,7-9H2,1-2H3. The van der Waals surface area contributed by atoms with Crippen molar-refractivity contribution in [1.82, 2.24) is 5.32 Å². The van der Waals surface area contributed by atoms with Gasteiger partial charge in [0.15, 0.2) is 0 Å². The molecule has 0 radical (unpaired) electrons. The van der Waals surface area contributed by atoms with Crippen LogP contribution in [0.5, 0.6) is 0 Å².